The van der Waals surface area contributed by atoms with Gasteiger partial charge in [-0.1, -0.05) is 13.8 Å². The van der Waals surface area contributed by atoms with Gasteiger partial charge in [0.15, 0.2) is 0 Å². The van der Waals surface area contributed by atoms with Crippen molar-refractivity contribution in [1.29, 1.82) is 0 Å². The summed E-state index contributed by atoms with van der Waals surface area (Å²) in [5.41, 5.74) is 0. The molecule has 1 rings (SSSR count). The zero-order valence-electron chi connectivity index (χ0n) is 8.99. The van der Waals surface area contributed by atoms with Crippen molar-refractivity contribution in [2.45, 2.75) is 26.3 Å². The van der Waals surface area contributed by atoms with E-state index in [1.54, 1.807) is 0 Å². The van der Waals surface area contributed by atoms with E-state index in [0.29, 0.717) is 0 Å². The summed E-state index contributed by atoms with van der Waals surface area (Å²) in [6.07, 6.45) is 0.980. The van der Waals surface area contributed by atoms with Gasteiger partial charge in [0.25, 0.3) is 0 Å². The van der Waals surface area contributed by atoms with Crippen molar-refractivity contribution in [3.63, 3.8) is 0 Å². The molecule has 2 unspecified atom stereocenters. The second-order valence-electron chi connectivity index (χ2n) is 3.76. The van der Waals surface area contributed by atoms with Crippen LogP contribution in [0.2, 0.25) is 0 Å². The SMILES string of the molecule is CCN(CC)C(C(=O)O)C1CCNC1. The lowest BCUT2D eigenvalue weighted by Gasteiger charge is -2.30. The van der Waals surface area contributed by atoms with Crippen LogP contribution in [0.5, 0.6) is 0 Å². The minimum absolute atomic E-state index is 0.271. The number of rotatable bonds is 5. The van der Waals surface area contributed by atoms with Crippen LogP contribution < -0.4 is 5.32 Å². The molecule has 0 aliphatic carbocycles. The molecule has 2 N–H and O–H groups in total. The quantitative estimate of drug-likeness (QED) is 0.674. The molecule has 0 spiro atoms. The van der Waals surface area contributed by atoms with Gasteiger partial charge in [-0.05, 0) is 32.0 Å². The van der Waals surface area contributed by atoms with Crippen molar-refractivity contribution >= 4 is 5.97 Å². The molecule has 2 atom stereocenters. The average molecular weight is 200 g/mol. The lowest BCUT2D eigenvalue weighted by molar-refractivity contribution is -0.145. The minimum atomic E-state index is -0.678. The maximum absolute atomic E-state index is 11.2. The molecule has 14 heavy (non-hydrogen) atoms. The zero-order chi connectivity index (χ0) is 10.6. The molecule has 0 saturated carbocycles. The Hall–Kier alpha value is -0.610. The lowest BCUT2D eigenvalue weighted by Crippen LogP contribution is -2.46. The first kappa shape index (κ1) is 11.5. The fourth-order valence-corrected chi connectivity index (χ4v) is 2.22. The van der Waals surface area contributed by atoms with Gasteiger partial charge >= 0.3 is 5.97 Å². The van der Waals surface area contributed by atoms with Crippen LogP contribution in [0.1, 0.15) is 20.3 Å². The maximum atomic E-state index is 11.2. The number of carboxylic acids is 1. The fraction of sp³-hybridized carbons (Fsp3) is 0.900. The predicted molar refractivity (Wildman–Crippen MR) is 55.3 cm³/mol. The van der Waals surface area contributed by atoms with Gasteiger partial charge in [-0.15, -0.1) is 0 Å². The van der Waals surface area contributed by atoms with E-state index in [4.69, 9.17) is 0 Å². The molecule has 0 radical (unpaired) electrons. The molecule has 0 aromatic carbocycles. The van der Waals surface area contributed by atoms with Crippen molar-refractivity contribution in [1.82, 2.24) is 10.2 Å². The Balaban J connectivity index is 2.66. The highest BCUT2D eigenvalue weighted by molar-refractivity contribution is 5.74. The van der Waals surface area contributed by atoms with Crippen molar-refractivity contribution in [2.24, 2.45) is 5.92 Å². The van der Waals surface area contributed by atoms with Crippen LogP contribution in [0.3, 0.4) is 0 Å². The lowest BCUT2D eigenvalue weighted by atomic mass is 9.97. The first-order valence-electron chi connectivity index (χ1n) is 5.38. The minimum Gasteiger partial charge on any atom is -0.480 e. The molecule has 4 heteroatoms. The Bertz CT molecular complexity index is 185. The van der Waals surface area contributed by atoms with E-state index in [1.807, 2.05) is 18.7 Å². The van der Waals surface area contributed by atoms with Crippen LogP contribution in [0.25, 0.3) is 0 Å². The zero-order valence-corrected chi connectivity index (χ0v) is 8.99. The molecule has 0 aromatic rings. The van der Waals surface area contributed by atoms with Crippen LogP contribution in [0.15, 0.2) is 0 Å². The number of aliphatic carboxylic acids is 1. The first-order valence-corrected chi connectivity index (χ1v) is 5.38. The van der Waals surface area contributed by atoms with Crippen LogP contribution >= 0.6 is 0 Å². The monoisotopic (exact) mass is 200 g/mol. The summed E-state index contributed by atoms with van der Waals surface area (Å²) in [5, 5.41) is 12.4. The maximum Gasteiger partial charge on any atom is 0.321 e. The van der Waals surface area contributed by atoms with Crippen molar-refractivity contribution in [2.75, 3.05) is 26.2 Å². The number of carboxylic acid groups (broad SMARTS) is 1. The van der Waals surface area contributed by atoms with E-state index in [-0.39, 0.29) is 12.0 Å². The molecular weight excluding hydrogens is 180 g/mol. The smallest absolute Gasteiger partial charge is 0.321 e. The molecule has 1 fully saturated rings. The molecule has 1 saturated heterocycles. The number of carbonyl (C=O) groups is 1. The second kappa shape index (κ2) is 5.32. The normalized spacial score (nSPS) is 24.1. The summed E-state index contributed by atoms with van der Waals surface area (Å²) in [6.45, 7) is 7.45. The Labute approximate surface area is 85.3 Å². The Morgan fingerprint density at radius 1 is 1.57 bits per heavy atom. The third-order valence-corrected chi connectivity index (χ3v) is 3.00. The van der Waals surface area contributed by atoms with Gasteiger partial charge in [0.05, 0.1) is 0 Å². The Kier molecular flexibility index (Phi) is 4.35. The standard InChI is InChI=1S/C10H20N2O2/c1-3-12(4-2)9(10(13)14)8-5-6-11-7-8/h8-9,11H,3-7H2,1-2H3,(H,13,14). The summed E-state index contributed by atoms with van der Waals surface area (Å²) in [7, 11) is 0. The molecule has 0 bridgehead atoms. The predicted octanol–water partition coefficient (Wildman–Crippen LogP) is 0.391. The van der Waals surface area contributed by atoms with Gasteiger partial charge in [-0.25, -0.2) is 0 Å². The van der Waals surface area contributed by atoms with Gasteiger partial charge in [-0.2, -0.15) is 0 Å². The molecule has 0 aromatic heterocycles. The average Bonchev–Trinajstić information content (AvgIpc) is 2.65. The number of likely N-dealkylation sites (N-methyl/N-ethyl adjacent to an activating group) is 1. The van der Waals surface area contributed by atoms with Crippen LogP contribution in [0, 0.1) is 5.92 Å². The summed E-state index contributed by atoms with van der Waals surface area (Å²) in [6, 6.07) is -0.306. The fourth-order valence-electron chi connectivity index (χ4n) is 2.22. The Morgan fingerprint density at radius 3 is 2.57 bits per heavy atom. The molecule has 1 heterocycles. The van der Waals surface area contributed by atoms with E-state index in [9.17, 15) is 9.90 Å². The largest absolute Gasteiger partial charge is 0.480 e. The molecule has 82 valence electrons. The summed E-state index contributed by atoms with van der Waals surface area (Å²) in [4.78, 5) is 13.2. The van der Waals surface area contributed by atoms with Gasteiger partial charge in [0.2, 0.25) is 0 Å². The third-order valence-electron chi connectivity index (χ3n) is 3.00. The Morgan fingerprint density at radius 2 is 2.21 bits per heavy atom. The second-order valence-corrected chi connectivity index (χ2v) is 3.76. The number of nitrogens with zero attached hydrogens (tertiary/aromatic N) is 1. The topological polar surface area (TPSA) is 52.6 Å². The molecule has 1 aliphatic rings. The van der Waals surface area contributed by atoms with Crippen LogP contribution in [0.4, 0.5) is 0 Å². The van der Waals surface area contributed by atoms with Gasteiger partial charge in [-0.3, -0.25) is 9.69 Å². The van der Waals surface area contributed by atoms with E-state index in [2.05, 4.69) is 5.32 Å². The first-order chi connectivity index (χ1) is 6.70. The van der Waals surface area contributed by atoms with E-state index in [0.717, 1.165) is 32.6 Å². The van der Waals surface area contributed by atoms with E-state index >= 15 is 0 Å². The molecular formula is C10H20N2O2. The van der Waals surface area contributed by atoms with Gasteiger partial charge < -0.3 is 10.4 Å². The molecule has 1 aliphatic heterocycles. The summed E-state index contributed by atoms with van der Waals surface area (Å²) < 4.78 is 0. The molecule has 4 nitrogen and oxygen atoms in total. The summed E-state index contributed by atoms with van der Waals surface area (Å²) in [5.74, 6) is -0.408. The van der Waals surface area contributed by atoms with Gasteiger partial charge in [0, 0.05) is 6.54 Å². The highest BCUT2D eigenvalue weighted by Gasteiger charge is 2.33. The van der Waals surface area contributed by atoms with Crippen molar-refractivity contribution in [3.8, 4) is 0 Å². The number of hydrogen-bond donors (Lipinski definition) is 2. The van der Waals surface area contributed by atoms with Crippen molar-refractivity contribution < 1.29 is 9.90 Å². The molecule has 0 amide bonds. The van der Waals surface area contributed by atoms with Crippen molar-refractivity contribution in [3.05, 3.63) is 0 Å². The van der Waals surface area contributed by atoms with E-state index in [1.165, 1.54) is 0 Å². The summed E-state index contributed by atoms with van der Waals surface area (Å²) >= 11 is 0. The van der Waals surface area contributed by atoms with E-state index < -0.39 is 5.97 Å². The number of nitrogens with one attached hydrogen (secondary N) is 1. The highest BCUT2D eigenvalue weighted by atomic mass is 16.4. The van der Waals surface area contributed by atoms with Crippen LogP contribution in [-0.4, -0.2) is 48.2 Å². The third kappa shape index (κ3) is 2.45. The van der Waals surface area contributed by atoms with Gasteiger partial charge in [0.1, 0.15) is 6.04 Å². The highest BCUT2D eigenvalue weighted by Crippen LogP contribution is 2.18. The number of hydrogen-bond acceptors (Lipinski definition) is 3. The van der Waals surface area contributed by atoms with Crippen LogP contribution in [-0.2, 0) is 4.79 Å².